The van der Waals surface area contributed by atoms with Crippen LogP contribution in [0, 0.1) is 22.2 Å². The van der Waals surface area contributed by atoms with Crippen LogP contribution >= 0.6 is 0 Å². The van der Waals surface area contributed by atoms with Crippen molar-refractivity contribution in [2.75, 3.05) is 7.11 Å². The molecule has 178 valence electrons. The molecule has 32 heavy (non-hydrogen) atoms. The fourth-order valence-electron chi connectivity index (χ4n) is 6.77. The van der Waals surface area contributed by atoms with E-state index < -0.39 is 46.5 Å². The quantitative estimate of drug-likeness (QED) is 0.399. The van der Waals surface area contributed by atoms with Crippen LogP contribution < -0.4 is 0 Å². The predicted octanol–water partition coefficient (Wildman–Crippen LogP) is 3.49. The topological polar surface area (TPSA) is 99.1 Å². The largest absolute Gasteiger partial charge is 0.469 e. The van der Waals surface area contributed by atoms with Gasteiger partial charge in [-0.1, -0.05) is 26.3 Å². The third-order valence-electron chi connectivity index (χ3n) is 8.21. The van der Waals surface area contributed by atoms with Crippen LogP contribution in [0.25, 0.3) is 0 Å². The molecule has 0 heterocycles. The third kappa shape index (κ3) is 3.68. The zero-order valence-electron chi connectivity index (χ0n) is 20.0. The number of rotatable bonds is 4. The van der Waals surface area contributed by atoms with Gasteiger partial charge in [0, 0.05) is 24.8 Å². The first-order valence-electron chi connectivity index (χ1n) is 11.3. The number of carbonyl (C=O) groups is 3. The average Bonchev–Trinajstić information content (AvgIpc) is 2.70. The van der Waals surface area contributed by atoms with Gasteiger partial charge in [0.15, 0.2) is 0 Å². The van der Waals surface area contributed by atoms with E-state index in [4.69, 9.17) is 14.2 Å². The number of hydrogen-bond donors (Lipinski definition) is 1. The summed E-state index contributed by atoms with van der Waals surface area (Å²) in [6, 6.07) is 0. The molecular formula is C25H36O7. The van der Waals surface area contributed by atoms with E-state index in [9.17, 15) is 19.5 Å². The fraction of sp³-hybridized carbons (Fsp3) is 0.720. The van der Waals surface area contributed by atoms with Gasteiger partial charge in [0.25, 0.3) is 0 Å². The molecule has 0 aliphatic heterocycles. The van der Waals surface area contributed by atoms with E-state index in [1.807, 2.05) is 13.8 Å². The van der Waals surface area contributed by atoms with Crippen molar-refractivity contribution >= 4 is 17.9 Å². The number of hydrogen-bond acceptors (Lipinski definition) is 7. The Kier molecular flexibility index (Phi) is 6.37. The van der Waals surface area contributed by atoms with Gasteiger partial charge in [-0.2, -0.15) is 0 Å². The maximum absolute atomic E-state index is 12.9. The lowest BCUT2D eigenvalue weighted by atomic mass is 9.46. The molecule has 3 aliphatic carbocycles. The summed E-state index contributed by atoms with van der Waals surface area (Å²) in [6.07, 6.45) is 2.34. The number of fused-ring (bicyclic) bond motifs is 2. The first-order chi connectivity index (χ1) is 14.8. The van der Waals surface area contributed by atoms with E-state index in [0.717, 1.165) is 18.4 Å². The number of aliphatic hydroxyl groups is 1. The van der Waals surface area contributed by atoms with Crippen LogP contribution in [0.2, 0.25) is 0 Å². The zero-order chi connectivity index (χ0) is 24.1. The Morgan fingerprint density at radius 2 is 1.72 bits per heavy atom. The molecule has 0 amide bonds. The summed E-state index contributed by atoms with van der Waals surface area (Å²) in [4.78, 5) is 37.1. The van der Waals surface area contributed by atoms with E-state index in [-0.39, 0.29) is 11.9 Å². The lowest BCUT2D eigenvalue weighted by Gasteiger charge is -2.59. The summed E-state index contributed by atoms with van der Waals surface area (Å²) in [7, 11) is 1.39. The molecule has 0 saturated heterocycles. The number of carbonyl (C=O) groups excluding carboxylic acids is 3. The van der Waals surface area contributed by atoms with Crippen LogP contribution in [0.4, 0.5) is 0 Å². The Balaban J connectivity index is 2.28. The first-order valence-corrected chi connectivity index (χ1v) is 11.3. The van der Waals surface area contributed by atoms with Gasteiger partial charge in [-0.25, -0.2) is 0 Å². The molecule has 0 radical (unpaired) electrons. The van der Waals surface area contributed by atoms with E-state index >= 15 is 0 Å². The van der Waals surface area contributed by atoms with Gasteiger partial charge >= 0.3 is 17.9 Å². The normalized spacial score (nSPS) is 41.1. The Morgan fingerprint density at radius 3 is 2.25 bits per heavy atom. The van der Waals surface area contributed by atoms with Crippen molar-refractivity contribution in [3.05, 3.63) is 23.8 Å². The monoisotopic (exact) mass is 448 g/mol. The molecule has 0 unspecified atom stereocenters. The number of methoxy groups -OCH3 is 1. The lowest BCUT2D eigenvalue weighted by Crippen LogP contribution is -2.59. The smallest absolute Gasteiger partial charge is 0.311 e. The Morgan fingerprint density at radius 1 is 1.09 bits per heavy atom. The Bertz CT molecular complexity index is 860. The highest BCUT2D eigenvalue weighted by molar-refractivity contribution is 5.77. The van der Waals surface area contributed by atoms with Crippen molar-refractivity contribution in [2.45, 2.75) is 85.0 Å². The minimum absolute atomic E-state index is 0.208. The molecule has 3 aliphatic rings. The summed E-state index contributed by atoms with van der Waals surface area (Å²) in [5.74, 6) is -1.43. The molecule has 0 bridgehead atoms. The Hall–Kier alpha value is -2.15. The summed E-state index contributed by atoms with van der Waals surface area (Å²) in [6.45, 7) is 12.5. The maximum Gasteiger partial charge on any atom is 0.311 e. The first kappa shape index (κ1) is 24.5. The molecule has 1 saturated carbocycles. The summed E-state index contributed by atoms with van der Waals surface area (Å²) in [5, 5.41) is 11.4. The summed E-state index contributed by atoms with van der Waals surface area (Å²) in [5.41, 5.74) is -0.668. The number of ether oxygens (including phenoxy) is 3. The lowest BCUT2D eigenvalue weighted by molar-refractivity contribution is -0.170. The molecule has 0 aromatic carbocycles. The fourth-order valence-corrected chi connectivity index (χ4v) is 6.77. The van der Waals surface area contributed by atoms with E-state index in [1.165, 1.54) is 21.0 Å². The second kappa shape index (κ2) is 8.32. The van der Waals surface area contributed by atoms with Gasteiger partial charge in [-0.05, 0) is 49.5 Å². The van der Waals surface area contributed by atoms with Crippen LogP contribution in [0.1, 0.15) is 66.7 Å². The van der Waals surface area contributed by atoms with Crippen molar-refractivity contribution in [3.8, 4) is 0 Å². The van der Waals surface area contributed by atoms with Gasteiger partial charge < -0.3 is 19.3 Å². The van der Waals surface area contributed by atoms with Crippen LogP contribution in [-0.4, -0.2) is 48.4 Å². The van der Waals surface area contributed by atoms with Gasteiger partial charge in [0.1, 0.15) is 12.2 Å². The molecule has 7 heteroatoms. The van der Waals surface area contributed by atoms with Gasteiger partial charge in [-0.15, -0.1) is 6.58 Å². The minimum atomic E-state index is -0.842. The average molecular weight is 449 g/mol. The van der Waals surface area contributed by atoms with Crippen molar-refractivity contribution < 1.29 is 33.7 Å². The van der Waals surface area contributed by atoms with Gasteiger partial charge in [-0.3, -0.25) is 14.4 Å². The van der Waals surface area contributed by atoms with E-state index in [2.05, 4.69) is 13.5 Å². The van der Waals surface area contributed by atoms with Gasteiger partial charge in [0.2, 0.25) is 0 Å². The molecule has 7 nitrogen and oxygen atoms in total. The third-order valence-corrected chi connectivity index (χ3v) is 8.21. The highest BCUT2D eigenvalue weighted by atomic mass is 16.6. The van der Waals surface area contributed by atoms with Crippen molar-refractivity contribution in [2.24, 2.45) is 22.2 Å². The highest BCUT2D eigenvalue weighted by Gasteiger charge is 2.63. The van der Waals surface area contributed by atoms with Crippen LogP contribution in [0.3, 0.4) is 0 Å². The molecule has 1 fully saturated rings. The van der Waals surface area contributed by atoms with Crippen LogP contribution in [0.15, 0.2) is 23.8 Å². The summed E-state index contributed by atoms with van der Waals surface area (Å²) < 4.78 is 16.8. The van der Waals surface area contributed by atoms with Crippen LogP contribution in [-0.2, 0) is 28.6 Å². The maximum atomic E-state index is 12.9. The summed E-state index contributed by atoms with van der Waals surface area (Å²) >= 11 is 0. The Labute approximate surface area is 190 Å². The number of aliphatic hydroxyl groups excluding tert-OH is 1. The minimum Gasteiger partial charge on any atom is -0.469 e. The number of esters is 3. The molecule has 0 aromatic heterocycles. The molecule has 0 aromatic rings. The SMILES string of the molecule is C=C[C@@]1(C)C[C@H](O)C2=C([C@H]1OC(C)=O)[C@H](OC(C)=O)C[C@H]1[C@](C)(C(=O)OC)CCC[C@]21C. The van der Waals surface area contributed by atoms with Crippen molar-refractivity contribution in [1.29, 1.82) is 0 Å². The molecular weight excluding hydrogens is 412 g/mol. The second-order valence-electron chi connectivity index (χ2n) is 10.4. The highest BCUT2D eigenvalue weighted by Crippen LogP contribution is 2.64. The van der Waals surface area contributed by atoms with Gasteiger partial charge in [0.05, 0.1) is 18.6 Å². The molecule has 7 atom stereocenters. The van der Waals surface area contributed by atoms with Crippen LogP contribution in [0.5, 0.6) is 0 Å². The van der Waals surface area contributed by atoms with E-state index in [0.29, 0.717) is 24.8 Å². The predicted molar refractivity (Wildman–Crippen MR) is 117 cm³/mol. The molecule has 3 rings (SSSR count). The zero-order valence-corrected chi connectivity index (χ0v) is 20.0. The molecule has 1 N–H and O–H groups in total. The second-order valence-corrected chi connectivity index (χ2v) is 10.4. The van der Waals surface area contributed by atoms with Crippen molar-refractivity contribution in [1.82, 2.24) is 0 Å². The molecule has 0 spiro atoms. The van der Waals surface area contributed by atoms with Crippen molar-refractivity contribution in [3.63, 3.8) is 0 Å². The standard InChI is InChI=1S/C25H36O7/c1-8-23(4)13-16(28)20-19(21(23)32-15(3)27)17(31-14(2)26)12-18-24(20,5)10-9-11-25(18,6)22(29)30-7/h8,16-18,21,28H,1,9-13H2,2-7H3/t16-,17+,18+,21+,23-,24-,25+/m0/s1. The van der Waals surface area contributed by atoms with E-state index in [1.54, 1.807) is 6.08 Å².